The summed E-state index contributed by atoms with van der Waals surface area (Å²) in [6, 6.07) is 5.93. The van der Waals surface area contributed by atoms with Gasteiger partial charge in [0.1, 0.15) is 11.6 Å². The second-order valence-corrected chi connectivity index (χ2v) is 10.5. The van der Waals surface area contributed by atoms with E-state index in [4.69, 9.17) is 10.7 Å². The summed E-state index contributed by atoms with van der Waals surface area (Å²) < 4.78 is 41.4. The molecule has 204 valence electrons. The number of nitrogens with two attached hydrogens (primary N) is 1. The fourth-order valence-electron chi connectivity index (χ4n) is 5.43. The van der Waals surface area contributed by atoms with E-state index in [0.717, 1.165) is 12.8 Å². The summed E-state index contributed by atoms with van der Waals surface area (Å²) in [5, 5.41) is 14.9. The lowest BCUT2D eigenvalue weighted by Gasteiger charge is -2.46. The molecule has 3 N–H and O–H groups in total. The zero-order valence-corrected chi connectivity index (χ0v) is 21.4. The molecule has 1 amide bonds. The van der Waals surface area contributed by atoms with Crippen LogP contribution in [-0.4, -0.2) is 78.2 Å². The number of aliphatic hydroxyl groups is 1. The molecule has 0 unspecified atom stereocenters. The number of piperidine rings is 1. The second-order valence-electron chi connectivity index (χ2n) is 10.5. The Balaban J connectivity index is 1.23. The first-order valence-corrected chi connectivity index (χ1v) is 12.7. The Kier molecular flexibility index (Phi) is 5.86. The lowest BCUT2D eigenvalue weighted by atomic mass is 9.92. The second kappa shape index (κ2) is 9.04. The molecule has 0 bridgehead atoms. The summed E-state index contributed by atoms with van der Waals surface area (Å²) in [6.07, 6.45) is 0.0632. The summed E-state index contributed by atoms with van der Waals surface area (Å²) in [6.45, 7) is 3.66. The van der Waals surface area contributed by atoms with Gasteiger partial charge in [-0.2, -0.15) is 4.52 Å². The zero-order valence-electron chi connectivity index (χ0n) is 21.4. The minimum Gasteiger partial charge on any atom is -0.380 e. The Morgan fingerprint density at radius 2 is 1.97 bits per heavy atom. The number of pyridine rings is 1. The summed E-state index contributed by atoms with van der Waals surface area (Å²) in [4.78, 5) is 30.1. The Morgan fingerprint density at radius 3 is 2.67 bits per heavy atom. The summed E-state index contributed by atoms with van der Waals surface area (Å²) in [5.74, 6) is 0.269. The summed E-state index contributed by atoms with van der Waals surface area (Å²) >= 11 is 0. The molecule has 2 aliphatic heterocycles. The highest BCUT2D eigenvalue weighted by Gasteiger charge is 2.49. The van der Waals surface area contributed by atoms with Gasteiger partial charge >= 0.3 is 0 Å². The van der Waals surface area contributed by atoms with Gasteiger partial charge in [0, 0.05) is 30.1 Å². The molecule has 0 spiro atoms. The quantitative estimate of drug-likeness (QED) is 0.405. The molecule has 3 aromatic heterocycles. The maximum atomic E-state index is 14.2. The van der Waals surface area contributed by atoms with Crippen molar-refractivity contribution in [1.29, 1.82) is 0 Å². The average Bonchev–Trinajstić information content (AvgIpc) is 3.34. The molecule has 2 atom stereocenters. The number of amides is 1. The van der Waals surface area contributed by atoms with Crippen LogP contribution in [0.25, 0.3) is 16.6 Å². The molecule has 2 fully saturated rings. The van der Waals surface area contributed by atoms with Crippen molar-refractivity contribution < 1.29 is 23.1 Å². The number of carbonyl (C=O) groups excluding carboxylic acids is 1. The van der Waals surface area contributed by atoms with Gasteiger partial charge in [-0.05, 0) is 56.5 Å². The van der Waals surface area contributed by atoms with Crippen molar-refractivity contribution in [3.05, 3.63) is 53.2 Å². The molecule has 0 aliphatic carbocycles. The van der Waals surface area contributed by atoms with Gasteiger partial charge in [-0.15, -0.1) is 5.10 Å². The zero-order chi connectivity index (χ0) is 27.6. The van der Waals surface area contributed by atoms with Crippen LogP contribution in [-0.2, 0) is 0 Å². The third-order valence-electron chi connectivity index (χ3n) is 7.74. The first-order chi connectivity index (χ1) is 18.5. The van der Waals surface area contributed by atoms with Crippen molar-refractivity contribution in [3.8, 4) is 0 Å². The van der Waals surface area contributed by atoms with E-state index in [2.05, 4.69) is 15.1 Å². The minimum absolute atomic E-state index is 0.0359. The van der Waals surface area contributed by atoms with E-state index in [1.54, 1.807) is 24.0 Å². The van der Waals surface area contributed by atoms with E-state index in [1.807, 2.05) is 6.92 Å². The Bertz CT molecular complexity index is 1590. The Labute approximate surface area is 221 Å². The maximum Gasteiger partial charge on any atom is 0.270 e. The van der Waals surface area contributed by atoms with Crippen LogP contribution >= 0.6 is 0 Å². The fourth-order valence-corrected chi connectivity index (χ4v) is 5.43. The van der Waals surface area contributed by atoms with E-state index < -0.39 is 17.8 Å². The number of nitrogens with zero attached hydrogens (tertiary/aromatic N) is 7. The van der Waals surface area contributed by atoms with Crippen molar-refractivity contribution in [3.63, 3.8) is 0 Å². The van der Waals surface area contributed by atoms with Gasteiger partial charge in [-0.3, -0.25) is 4.79 Å². The molecule has 2 aliphatic rings. The third-order valence-corrected chi connectivity index (χ3v) is 7.74. The van der Waals surface area contributed by atoms with Crippen molar-refractivity contribution in [2.24, 2.45) is 0 Å². The predicted molar refractivity (Wildman–Crippen MR) is 137 cm³/mol. The standard InChI is InChI=1S/C26H27F3N8O2/c1-13-7-17(27)8-18-20(13)32-25(30)37-22(18)33-21(34-37)16-4-3-14(2)36(10-16)23(38)15-5-6-19(31-9-15)35-11-26(39,12-35)24(28)29/h5-9,14,16,24,39H,3-4,10-12H2,1-2H3,(H2,30,32)/t14-,16+/m0/s1. The molecule has 0 saturated carbocycles. The van der Waals surface area contributed by atoms with Gasteiger partial charge in [0.2, 0.25) is 5.95 Å². The van der Waals surface area contributed by atoms with Gasteiger partial charge in [-0.25, -0.2) is 28.1 Å². The normalized spacial score (nSPS) is 21.1. The van der Waals surface area contributed by atoms with Crippen LogP contribution < -0.4 is 10.6 Å². The maximum absolute atomic E-state index is 14.2. The van der Waals surface area contributed by atoms with Crippen LogP contribution in [0, 0.1) is 12.7 Å². The fraction of sp³-hybridized carbons (Fsp3) is 0.423. The molecular formula is C26H27F3N8O2. The number of aromatic nitrogens is 5. The van der Waals surface area contributed by atoms with Crippen LogP contribution in [0.5, 0.6) is 0 Å². The molecule has 2 saturated heterocycles. The molecule has 39 heavy (non-hydrogen) atoms. The number of β-amino-alcohol motifs (C(OH)–C–C–N with tert-alkyl or cyclic N) is 1. The van der Waals surface area contributed by atoms with Crippen LogP contribution in [0.2, 0.25) is 0 Å². The van der Waals surface area contributed by atoms with Crippen LogP contribution in [0.1, 0.15) is 47.4 Å². The molecule has 4 aromatic rings. The number of likely N-dealkylation sites (tertiary alicyclic amines) is 1. The number of alkyl halides is 2. The highest BCUT2D eigenvalue weighted by molar-refractivity contribution is 5.95. The molecule has 0 radical (unpaired) electrons. The number of benzene rings is 1. The lowest BCUT2D eigenvalue weighted by Crippen LogP contribution is -2.66. The molecule has 5 heterocycles. The number of nitrogen functional groups attached to an aromatic ring is 1. The lowest BCUT2D eigenvalue weighted by molar-refractivity contribution is -0.112. The highest BCUT2D eigenvalue weighted by Crippen LogP contribution is 2.33. The number of hydrogen-bond donors (Lipinski definition) is 2. The summed E-state index contributed by atoms with van der Waals surface area (Å²) in [5.41, 5.74) is 6.11. The van der Waals surface area contributed by atoms with E-state index in [0.29, 0.717) is 45.9 Å². The number of carbonyl (C=O) groups is 1. The van der Waals surface area contributed by atoms with E-state index >= 15 is 0 Å². The van der Waals surface area contributed by atoms with E-state index in [1.165, 1.54) is 27.7 Å². The van der Waals surface area contributed by atoms with Gasteiger partial charge in [0.05, 0.1) is 24.2 Å². The Morgan fingerprint density at radius 1 is 1.21 bits per heavy atom. The molecule has 6 rings (SSSR count). The molecular weight excluding hydrogens is 513 g/mol. The topological polar surface area (TPSA) is 126 Å². The average molecular weight is 541 g/mol. The van der Waals surface area contributed by atoms with Gasteiger partial charge in [0.25, 0.3) is 12.3 Å². The van der Waals surface area contributed by atoms with Crippen LogP contribution in [0.4, 0.5) is 24.9 Å². The Hall–Kier alpha value is -4.00. The highest BCUT2D eigenvalue weighted by atomic mass is 19.3. The first kappa shape index (κ1) is 25.3. The number of fused-ring (bicyclic) bond motifs is 3. The number of hydrogen-bond acceptors (Lipinski definition) is 8. The molecule has 10 nitrogen and oxygen atoms in total. The van der Waals surface area contributed by atoms with E-state index in [-0.39, 0.29) is 36.9 Å². The number of aryl methyl sites for hydroxylation is 1. The number of rotatable bonds is 4. The first-order valence-electron chi connectivity index (χ1n) is 12.7. The van der Waals surface area contributed by atoms with Crippen molar-refractivity contribution in [2.45, 2.75) is 50.7 Å². The number of halogens is 3. The van der Waals surface area contributed by atoms with Crippen molar-refractivity contribution in [1.82, 2.24) is 29.5 Å². The largest absolute Gasteiger partial charge is 0.380 e. The molecule has 13 heteroatoms. The van der Waals surface area contributed by atoms with Gasteiger partial charge < -0.3 is 20.6 Å². The smallest absolute Gasteiger partial charge is 0.270 e. The monoisotopic (exact) mass is 540 g/mol. The third kappa shape index (κ3) is 4.20. The van der Waals surface area contributed by atoms with Crippen molar-refractivity contribution in [2.75, 3.05) is 30.3 Å². The van der Waals surface area contributed by atoms with Crippen LogP contribution in [0.15, 0.2) is 30.5 Å². The van der Waals surface area contributed by atoms with E-state index in [9.17, 15) is 23.1 Å². The summed E-state index contributed by atoms with van der Waals surface area (Å²) in [7, 11) is 0. The molecule has 1 aromatic carbocycles. The SMILES string of the molecule is Cc1cc(F)cc2c1nc(N)n1nc([C@@H]3CC[C@H](C)N(C(=O)c4ccc(N5CC(O)(C(F)F)C5)nc4)C3)nc21. The van der Waals surface area contributed by atoms with Crippen molar-refractivity contribution >= 4 is 34.2 Å². The van der Waals surface area contributed by atoms with Gasteiger partial charge in [-0.1, -0.05) is 0 Å². The number of anilines is 2. The predicted octanol–water partition coefficient (Wildman–Crippen LogP) is 2.93. The minimum atomic E-state index is -2.83. The van der Waals surface area contributed by atoms with Crippen LogP contribution in [0.3, 0.4) is 0 Å². The van der Waals surface area contributed by atoms with Gasteiger partial charge in [0.15, 0.2) is 17.1 Å².